The van der Waals surface area contributed by atoms with Crippen LogP contribution in [0.4, 0.5) is 11.4 Å². The number of hydrogen-bond acceptors (Lipinski definition) is 5. The van der Waals surface area contributed by atoms with Crippen LogP contribution in [0.3, 0.4) is 0 Å². The third kappa shape index (κ3) is 2.35. The molecule has 2 heterocycles. The third-order valence-corrected chi connectivity index (χ3v) is 4.65. The molecule has 1 aromatic carbocycles. The topological polar surface area (TPSA) is 72.2 Å². The van der Waals surface area contributed by atoms with Crippen molar-refractivity contribution in [2.75, 3.05) is 18.0 Å². The van der Waals surface area contributed by atoms with E-state index in [4.69, 9.17) is 0 Å². The van der Waals surface area contributed by atoms with Crippen molar-refractivity contribution in [2.45, 2.75) is 25.7 Å². The fraction of sp³-hybridized carbons (Fsp3) is 0.500. The minimum absolute atomic E-state index is 0.141. The molecule has 0 aliphatic carbocycles. The minimum atomic E-state index is -0.306. The molecule has 2 aromatic rings. The predicted octanol–water partition coefficient (Wildman–Crippen LogP) is 1.98. The van der Waals surface area contributed by atoms with Crippen molar-refractivity contribution in [3.63, 3.8) is 0 Å². The molecule has 0 bridgehead atoms. The number of nitro groups is 1. The summed E-state index contributed by atoms with van der Waals surface area (Å²) in [6.45, 7) is 1.78. The number of hydrogen-bond donors (Lipinski definition) is 0. The monoisotopic (exact) mass is 326 g/mol. The molecule has 0 amide bonds. The van der Waals surface area contributed by atoms with Gasteiger partial charge < -0.3 is 0 Å². The summed E-state index contributed by atoms with van der Waals surface area (Å²) in [5.74, 6) is 0. The second-order valence-electron chi connectivity index (χ2n) is 4.72. The Balaban J connectivity index is 2.10. The van der Waals surface area contributed by atoms with Crippen LogP contribution >= 0.6 is 0 Å². The van der Waals surface area contributed by atoms with Gasteiger partial charge in [-0.05, 0) is 0 Å². The van der Waals surface area contributed by atoms with Gasteiger partial charge in [0.1, 0.15) is 0 Å². The molecule has 1 aliphatic heterocycles. The summed E-state index contributed by atoms with van der Waals surface area (Å²) in [5, 5.41) is 11.4. The number of aromatic nitrogens is 2. The number of nitro benzene ring substituents is 1. The molecule has 0 unspecified atom stereocenters. The fourth-order valence-electron chi connectivity index (χ4n) is 2.57. The zero-order chi connectivity index (χ0) is 13.2. The first-order valence-electron chi connectivity index (χ1n) is 6.42. The molecule has 0 N–H and O–H groups in total. The number of nitrogens with zero attached hydrogens (tertiary/aromatic N) is 4. The molecular formula is C12H14N4O2Se. The van der Waals surface area contributed by atoms with Crippen LogP contribution < -0.4 is 4.90 Å². The molecule has 19 heavy (non-hydrogen) atoms. The van der Waals surface area contributed by atoms with Crippen molar-refractivity contribution in [2.24, 2.45) is 0 Å². The van der Waals surface area contributed by atoms with Crippen molar-refractivity contribution >= 4 is 37.4 Å². The Morgan fingerprint density at radius 3 is 2.58 bits per heavy atom. The molecule has 1 aromatic heterocycles. The quantitative estimate of drug-likeness (QED) is 0.480. The molecular weight excluding hydrogens is 311 g/mol. The molecule has 1 saturated heterocycles. The Labute approximate surface area is 116 Å². The first-order valence-corrected chi connectivity index (χ1v) is 7.95. The van der Waals surface area contributed by atoms with E-state index in [0.29, 0.717) is 16.7 Å². The Bertz CT molecular complexity index is 605. The molecule has 7 heteroatoms. The average Bonchev–Trinajstić information content (AvgIpc) is 2.70. The number of anilines is 1. The van der Waals surface area contributed by atoms with E-state index in [-0.39, 0.29) is 25.6 Å². The van der Waals surface area contributed by atoms with Crippen LogP contribution in [-0.2, 0) is 0 Å². The molecule has 1 aliphatic rings. The second-order valence-corrected chi connectivity index (χ2v) is 5.83. The zero-order valence-corrected chi connectivity index (χ0v) is 12.1. The first kappa shape index (κ1) is 12.6. The number of rotatable bonds is 2. The van der Waals surface area contributed by atoms with Crippen LogP contribution in [0.25, 0.3) is 11.0 Å². The zero-order valence-electron chi connectivity index (χ0n) is 10.4. The van der Waals surface area contributed by atoms with Crippen LogP contribution in [0.1, 0.15) is 25.7 Å². The summed E-state index contributed by atoms with van der Waals surface area (Å²) in [6, 6.07) is 3.70. The number of fused-ring (bicyclic) bond motifs is 1. The fourth-order valence-corrected chi connectivity index (χ4v) is 3.70. The second kappa shape index (κ2) is 5.27. The van der Waals surface area contributed by atoms with Crippen molar-refractivity contribution < 1.29 is 4.92 Å². The van der Waals surface area contributed by atoms with Crippen LogP contribution in [0, 0.1) is 10.1 Å². The van der Waals surface area contributed by atoms with Gasteiger partial charge in [0.25, 0.3) is 0 Å². The average molecular weight is 325 g/mol. The van der Waals surface area contributed by atoms with E-state index < -0.39 is 0 Å². The van der Waals surface area contributed by atoms with E-state index in [1.165, 1.54) is 12.8 Å². The Morgan fingerprint density at radius 1 is 1.16 bits per heavy atom. The maximum atomic E-state index is 11.4. The Morgan fingerprint density at radius 2 is 1.89 bits per heavy atom. The summed E-state index contributed by atoms with van der Waals surface area (Å²) in [6.07, 6.45) is 4.61. The van der Waals surface area contributed by atoms with Gasteiger partial charge in [-0.2, -0.15) is 0 Å². The number of benzene rings is 1. The van der Waals surface area contributed by atoms with Crippen LogP contribution in [-0.4, -0.2) is 40.9 Å². The van der Waals surface area contributed by atoms with Gasteiger partial charge in [0, 0.05) is 0 Å². The summed E-state index contributed by atoms with van der Waals surface area (Å²) >= 11 is -0.232. The van der Waals surface area contributed by atoms with E-state index >= 15 is 0 Å². The van der Waals surface area contributed by atoms with Gasteiger partial charge in [-0.3, -0.25) is 0 Å². The Hall–Kier alpha value is -1.46. The van der Waals surface area contributed by atoms with E-state index in [2.05, 4.69) is 12.9 Å². The molecule has 6 nitrogen and oxygen atoms in total. The molecule has 100 valence electrons. The van der Waals surface area contributed by atoms with E-state index in [0.717, 1.165) is 25.9 Å². The summed E-state index contributed by atoms with van der Waals surface area (Å²) in [7, 11) is 0. The van der Waals surface area contributed by atoms with Crippen molar-refractivity contribution in [3.05, 3.63) is 22.2 Å². The predicted molar refractivity (Wildman–Crippen MR) is 73.8 cm³/mol. The van der Waals surface area contributed by atoms with E-state index in [9.17, 15) is 10.1 Å². The third-order valence-electron chi connectivity index (χ3n) is 3.51. The van der Waals surface area contributed by atoms with Gasteiger partial charge in [-0.15, -0.1) is 0 Å². The molecule has 1 fully saturated rings. The SMILES string of the molecule is O=[N+]([O-])c1c(N2CCCCCC2)ccc2n[se]nc12. The van der Waals surface area contributed by atoms with Gasteiger partial charge in [0.05, 0.1) is 0 Å². The van der Waals surface area contributed by atoms with Gasteiger partial charge in [0.15, 0.2) is 0 Å². The van der Waals surface area contributed by atoms with E-state index in [1.807, 2.05) is 12.1 Å². The van der Waals surface area contributed by atoms with Gasteiger partial charge in [-0.25, -0.2) is 0 Å². The van der Waals surface area contributed by atoms with Gasteiger partial charge in [-0.1, -0.05) is 0 Å². The molecule has 0 radical (unpaired) electrons. The summed E-state index contributed by atoms with van der Waals surface area (Å²) in [4.78, 5) is 13.2. The van der Waals surface area contributed by atoms with Crippen molar-refractivity contribution in [3.8, 4) is 0 Å². The standard InChI is InChI=1S/C12H14N4O2Se/c17-16(18)12-10(15-7-3-1-2-4-8-15)6-5-9-11(12)14-19-13-9/h5-6H,1-4,7-8H2. The maximum absolute atomic E-state index is 11.4. The molecule has 3 rings (SSSR count). The van der Waals surface area contributed by atoms with Gasteiger partial charge >= 0.3 is 116 Å². The summed E-state index contributed by atoms with van der Waals surface area (Å²) < 4.78 is 8.45. The molecule has 0 spiro atoms. The van der Waals surface area contributed by atoms with E-state index in [1.54, 1.807) is 0 Å². The molecule has 0 saturated carbocycles. The van der Waals surface area contributed by atoms with Crippen molar-refractivity contribution in [1.82, 2.24) is 7.96 Å². The van der Waals surface area contributed by atoms with Gasteiger partial charge in [0.2, 0.25) is 0 Å². The Kier molecular flexibility index (Phi) is 3.48. The van der Waals surface area contributed by atoms with Crippen molar-refractivity contribution in [1.29, 1.82) is 0 Å². The van der Waals surface area contributed by atoms with Crippen LogP contribution in [0.5, 0.6) is 0 Å². The van der Waals surface area contributed by atoms with Crippen LogP contribution in [0.2, 0.25) is 0 Å². The first-order chi connectivity index (χ1) is 9.27. The molecule has 0 atom stereocenters. The summed E-state index contributed by atoms with van der Waals surface area (Å²) in [5.41, 5.74) is 2.00. The van der Waals surface area contributed by atoms with Crippen LogP contribution in [0.15, 0.2) is 12.1 Å². The normalized spacial score (nSPS) is 16.5.